The lowest BCUT2D eigenvalue weighted by Gasteiger charge is -2.03. The highest BCUT2D eigenvalue weighted by Crippen LogP contribution is 2.18. The fourth-order valence-corrected chi connectivity index (χ4v) is 1.63. The number of nitrogens with zero attached hydrogens (tertiary/aromatic N) is 5. The van der Waals surface area contributed by atoms with E-state index in [-0.39, 0.29) is 0 Å². The second-order valence-electron chi connectivity index (χ2n) is 3.67. The van der Waals surface area contributed by atoms with E-state index < -0.39 is 0 Å². The van der Waals surface area contributed by atoms with Crippen molar-refractivity contribution < 1.29 is 0 Å². The minimum absolute atomic E-state index is 0.562. The lowest BCUT2D eigenvalue weighted by molar-refractivity contribution is 0.747. The van der Waals surface area contributed by atoms with Crippen molar-refractivity contribution in [3.05, 3.63) is 30.6 Å². The standard InChI is InChI=1S/C10H11N7/c1-17-6-13-9(16-17)5-12-7-2-3-11-8-4-14-15-10(7)8/h2-4,6H,5H2,1H3,(H,11,12)(H,14,15). The highest BCUT2D eigenvalue weighted by Gasteiger charge is 2.05. The van der Waals surface area contributed by atoms with E-state index in [1.165, 1.54) is 0 Å². The van der Waals surface area contributed by atoms with Crippen LogP contribution < -0.4 is 5.32 Å². The van der Waals surface area contributed by atoms with Gasteiger partial charge in [-0.25, -0.2) is 4.98 Å². The van der Waals surface area contributed by atoms with E-state index in [4.69, 9.17) is 0 Å². The molecule has 0 unspecified atom stereocenters. The molecule has 17 heavy (non-hydrogen) atoms. The minimum Gasteiger partial charge on any atom is -0.376 e. The molecule has 0 atom stereocenters. The van der Waals surface area contributed by atoms with Crippen LogP contribution in [0.2, 0.25) is 0 Å². The van der Waals surface area contributed by atoms with Crippen molar-refractivity contribution in [2.45, 2.75) is 6.54 Å². The van der Waals surface area contributed by atoms with Gasteiger partial charge in [0.05, 0.1) is 12.2 Å². The van der Waals surface area contributed by atoms with Crippen molar-refractivity contribution >= 4 is 16.7 Å². The molecule has 3 aromatic heterocycles. The number of anilines is 1. The third kappa shape index (κ3) is 1.82. The number of aryl methyl sites for hydroxylation is 1. The van der Waals surface area contributed by atoms with E-state index in [1.54, 1.807) is 23.4 Å². The molecule has 7 nitrogen and oxygen atoms in total. The predicted octanol–water partition coefficient (Wildman–Crippen LogP) is 0.698. The lowest BCUT2D eigenvalue weighted by Crippen LogP contribution is -2.03. The van der Waals surface area contributed by atoms with E-state index in [0.717, 1.165) is 22.5 Å². The van der Waals surface area contributed by atoms with Crippen LogP contribution in [0.4, 0.5) is 5.69 Å². The largest absolute Gasteiger partial charge is 0.376 e. The zero-order valence-electron chi connectivity index (χ0n) is 9.25. The topological polar surface area (TPSA) is 84.3 Å². The molecule has 0 spiro atoms. The molecule has 3 aromatic rings. The Morgan fingerprint density at radius 2 is 2.35 bits per heavy atom. The average molecular weight is 229 g/mol. The molecular weight excluding hydrogens is 218 g/mol. The van der Waals surface area contributed by atoms with Crippen LogP contribution in [0.25, 0.3) is 11.0 Å². The van der Waals surface area contributed by atoms with Gasteiger partial charge < -0.3 is 5.32 Å². The van der Waals surface area contributed by atoms with Crippen molar-refractivity contribution in [3.63, 3.8) is 0 Å². The molecule has 0 aliphatic carbocycles. The highest BCUT2D eigenvalue weighted by atomic mass is 15.3. The summed E-state index contributed by atoms with van der Waals surface area (Å²) in [4.78, 5) is 8.34. The Hall–Kier alpha value is -2.44. The summed E-state index contributed by atoms with van der Waals surface area (Å²) in [7, 11) is 1.84. The van der Waals surface area contributed by atoms with Gasteiger partial charge in [-0.1, -0.05) is 0 Å². The van der Waals surface area contributed by atoms with Gasteiger partial charge in [-0.05, 0) is 6.07 Å². The third-order valence-corrected chi connectivity index (χ3v) is 2.41. The maximum atomic E-state index is 4.19. The van der Waals surface area contributed by atoms with Gasteiger partial charge in [-0.2, -0.15) is 10.2 Å². The zero-order valence-corrected chi connectivity index (χ0v) is 9.25. The number of aromatic amines is 1. The van der Waals surface area contributed by atoms with E-state index in [2.05, 4.69) is 30.6 Å². The molecule has 0 amide bonds. The molecule has 0 radical (unpaired) electrons. The first-order valence-corrected chi connectivity index (χ1v) is 5.20. The first-order valence-electron chi connectivity index (χ1n) is 5.20. The summed E-state index contributed by atoms with van der Waals surface area (Å²) >= 11 is 0. The highest BCUT2D eigenvalue weighted by molar-refractivity contribution is 5.86. The van der Waals surface area contributed by atoms with Crippen LogP contribution in [-0.4, -0.2) is 29.9 Å². The van der Waals surface area contributed by atoms with Crippen LogP contribution in [0, 0.1) is 0 Å². The number of hydrogen-bond donors (Lipinski definition) is 2. The molecule has 7 heteroatoms. The van der Waals surface area contributed by atoms with Crippen LogP contribution in [0.3, 0.4) is 0 Å². The van der Waals surface area contributed by atoms with Crippen LogP contribution in [0.15, 0.2) is 24.8 Å². The molecule has 86 valence electrons. The number of aromatic nitrogens is 6. The molecule has 0 saturated carbocycles. The molecule has 3 heterocycles. The number of rotatable bonds is 3. The van der Waals surface area contributed by atoms with Gasteiger partial charge in [-0.3, -0.25) is 14.8 Å². The fourth-order valence-electron chi connectivity index (χ4n) is 1.63. The fraction of sp³-hybridized carbons (Fsp3) is 0.200. The number of hydrogen-bond acceptors (Lipinski definition) is 5. The number of H-pyrrole nitrogens is 1. The Kier molecular flexibility index (Phi) is 2.21. The van der Waals surface area contributed by atoms with Gasteiger partial charge >= 0.3 is 0 Å². The SMILES string of the molecule is Cn1cnc(CNc2ccnc3c[nH]nc23)n1. The summed E-state index contributed by atoms with van der Waals surface area (Å²) in [5.74, 6) is 0.744. The van der Waals surface area contributed by atoms with E-state index >= 15 is 0 Å². The summed E-state index contributed by atoms with van der Waals surface area (Å²) < 4.78 is 1.67. The number of fused-ring (bicyclic) bond motifs is 1. The number of pyridine rings is 1. The predicted molar refractivity (Wildman–Crippen MR) is 62.2 cm³/mol. The molecule has 0 fully saturated rings. The van der Waals surface area contributed by atoms with E-state index in [1.807, 2.05) is 13.1 Å². The summed E-state index contributed by atoms with van der Waals surface area (Å²) in [6.45, 7) is 0.562. The molecule has 2 N–H and O–H groups in total. The van der Waals surface area contributed by atoms with Crippen molar-refractivity contribution in [3.8, 4) is 0 Å². The summed E-state index contributed by atoms with van der Waals surface area (Å²) in [6, 6.07) is 1.88. The molecule has 0 aromatic carbocycles. The summed E-state index contributed by atoms with van der Waals surface area (Å²) in [5, 5.41) is 14.4. The van der Waals surface area contributed by atoms with Crippen molar-refractivity contribution in [2.75, 3.05) is 5.32 Å². The Balaban J connectivity index is 1.83. The Morgan fingerprint density at radius 1 is 1.41 bits per heavy atom. The van der Waals surface area contributed by atoms with Gasteiger partial charge in [0.1, 0.15) is 17.4 Å². The van der Waals surface area contributed by atoms with Crippen LogP contribution in [0.1, 0.15) is 5.82 Å². The maximum absolute atomic E-state index is 4.19. The first kappa shape index (κ1) is 9.76. The average Bonchev–Trinajstić information content (AvgIpc) is 2.94. The molecular formula is C10H11N7. The van der Waals surface area contributed by atoms with Gasteiger partial charge in [-0.15, -0.1) is 0 Å². The summed E-state index contributed by atoms with van der Waals surface area (Å²) in [6.07, 6.45) is 5.18. The normalized spacial score (nSPS) is 10.9. The van der Waals surface area contributed by atoms with Crippen LogP contribution >= 0.6 is 0 Å². The quantitative estimate of drug-likeness (QED) is 0.690. The van der Waals surface area contributed by atoms with Crippen LogP contribution in [0.5, 0.6) is 0 Å². The second kappa shape index (κ2) is 3.85. The Morgan fingerprint density at radius 3 is 3.18 bits per heavy atom. The van der Waals surface area contributed by atoms with Gasteiger partial charge in [0, 0.05) is 19.4 Å². The van der Waals surface area contributed by atoms with Crippen molar-refractivity contribution in [2.24, 2.45) is 7.05 Å². The first-order chi connectivity index (χ1) is 8.33. The van der Waals surface area contributed by atoms with Crippen molar-refractivity contribution in [1.29, 1.82) is 0 Å². The molecule has 3 rings (SSSR count). The smallest absolute Gasteiger partial charge is 0.169 e. The van der Waals surface area contributed by atoms with Crippen molar-refractivity contribution in [1.82, 2.24) is 29.9 Å². The monoisotopic (exact) mass is 229 g/mol. The van der Waals surface area contributed by atoms with E-state index in [0.29, 0.717) is 6.54 Å². The van der Waals surface area contributed by atoms with E-state index in [9.17, 15) is 0 Å². The number of nitrogens with one attached hydrogen (secondary N) is 2. The second-order valence-corrected chi connectivity index (χ2v) is 3.67. The molecule has 0 aliphatic heterocycles. The van der Waals surface area contributed by atoms with Crippen LogP contribution in [-0.2, 0) is 13.6 Å². The molecule has 0 aliphatic rings. The third-order valence-electron chi connectivity index (χ3n) is 2.41. The zero-order chi connectivity index (χ0) is 11.7. The van der Waals surface area contributed by atoms with Gasteiger partial charge in [0.2, 0.25) is 0 Å². The Labute approximate surface area is 96.9 Å². The Bertz CT molecular complexity index is 639. The summed E-state index contributed by atoms with van der Waals surface area (Å²) in [5.41, 5.74) is 2.58. The van der Waals surface area contributed by atoms with Gasteiger partial charge in [0.15, 0.2) is 5.82 Å². The lowest BCUT2D eigenvalue weighted by atomic mass is 10.3. The van der Waals surface area contributed by atoms with Gasteiger partial charge in [0.25, 0.3) is 0 Å². The minimum atomic E-state index is 0.562. The molecule has 0 saturated heterocycles. The molecule has 0 bridgehead atoms. The maximum Gasteiger partial charge on any atom is 0.169 e.